The quantitative estimate of drug-likeness (QED) is 0.595. The van der Waals surface area contributed by atoms with Crippen molar-refractivity contribution < 1.29 is 22.6 Å². The fourth-order valence-corrected chi connectivity index (χ4v) is 3.30. The molecule has 0 N–H and O–H groups in total. The minimum absolute atomic E-state index is 0.0349. The van der Waals surface area contributed by atoms with Gasteiger partial charge in [0, 0.05) is 26.2 Å². The molecule has 2 heterocycles. The van der Waals surface area contributed by atoms with Crippen molar-refractivity contribution in [3.05, 3.63) is 75.7 Å². The molecular formula is C22H17F3N4O3. The lowest BCUT2D eigenvalue weighted by molar-refractivity contribution is -0.137. The van der Waals surface area contributed by atoms with Crippen LogP contribution in [0.5, 0.6) is 17.4 Å². The van der Waals surface area contributed by atoms with Crippen molar-refractivity contribution in [3.63, 3.8) is 0 Å². The molecule has 0 aliphatic carbocycles. The van der Waals surface area contributed by atoms with Crippen molar-refractivity contribution in [1.29, 1.82) is 5.26 Å². The third kappa shape index (κ3) is 4.37. The van der Waals surface area contributed by atoms with Gasteiger partial charge in [-0.3, -0.25) is 4.57 Å². The van der Waals surface area contributed by atoms with Crippen molar-refractivity contribution in [2.24, 2.45) is 0 Å². The van der Waals surface area contributed by atoms with Crippen molar-refractivity contribution in [2.45, 2.75) is 19.3 Å². The Labute approximate surface area is 180 Å². The van der Waals surface area contributed by atoms with Gasteiger partial charge in [-0.05, 0) is 35.9 Å². The van der Waals surface area contributed by atoms with Crippen LogP contribution in [0.25, 0.3) is 0 Å². The summed E-state index contributed by atoms with van der Waals surface area (Å²) in [6, 6.07) is 12.7. The molecule has 0 spiro atoms. The number of nitrogens with zero attached hydrogens (tertiary/aromatic N) is 4. The molecule has 7 nitrogen and oxygen atoms in total. The van der Waals surface area contributed by atoms with E-state index < -0.39 is 17.4 Å². The van der Waals surface area contributed by atoms with E-state index in [1.807, 2.05) is 18.0 Å². The van der Waals surface area contributed by atoms with Crippen molar-refractivity contribution >= 4 is 5.82 Å². The first-order valence-corrected chi connectivity index (χ1v) is 9.58. The van der Waals surface area contributed by atoms with E-state index in [4.69, 9.17) is 9.47 Å². The van der Waals surface area contributed by atoms with Crippen LogP contribution in [0.2, 0.25) is 0 Å². The summed E-state index contributed by atoms with van der Waals surface area (Å²) >= 11 is 0. The maximum absolute atomic E-state index is 12.9. The normalized spacial score (nSPS) is 12.9. The van der Waals surface area contributed by atoms with Gasteiger partial charge in [0.05, 0.1) is 11.1 Å². The SMILES string of the molecule is CN1CCn2c1cc(OCc1ccc(Oc3cccc(C(F)(F)F)c3)c(C#N)c1)nc2=O. The third-order valence-electron chi connectivity index (χ3n) is 4.96. The van der Waals surface area contributed by atoms with E-state index in [9.17, 15) is 23.2 Å². The number of nitriles is 1. The van der Waals surface area contributed by atoms with Gasteiger partial charge in [0.25, 0.3) is 0 Å². The first-order valence-electron chi connectivity index (χ1n) is 9.58. The summed E-state index contributed by atoms with van der Waals surface area (Å²) in [6.07, 6.45) is -4.50. The number of anilines is 1. The lowest BCUT2D eigenvalue weighted by Gasteiger charge is -2.13. The molecule has 1 aliphatic heterocycles. The minimum atomic E-state index is -4.50. The summed E-state index contributed by atoms with van der Waals surface area (Å²) in [6.45, 7) is 1.31. The molecule has 32 heavy (non-hydrogen) atoms. The monoisotopic (exact) mass is 442 g/mol. The molecule has 0 fully saturated rings. The lowest BCUT2D eigenvalue weighted by Crippen LogP contribution is -2.22. The van der Waals surface area contributed by atoms with Gasteiger partial charge < -0.3 is 14.4 Å². The summed E-state index contributed by atoms with van der Waals surface area (Å²) < 4.78 is 51.4. The van der Waals surface area contributed by atoms with E-state index in [2.05, 4.69) is 4.98 Å². The number of likely N-dealkylation sites (N-methyl/N-ethyl adjacent to an activating group) is 1. The van der Waals surface area contributed by atoms with E-state index in [1.54, 1.807) is 16.7 Å². The average molecular weight is 442 g/mol. The molecule has 0 amide bonds. The Morgan fingerprint density at radius 1 is 1.16 bits per heavy atom. The first kappa shape index (κ1) is 21.2. The summed E-state index contributed by atoms with van der Waals surface area (Å²) in [5.41, 5.74) is -0.509. The molecule has 0 atom stereocenters. The molecular weight excluding hydrogens is 425 g/mol. The molecule has 0 saturated heterocycles. The second-order valence-corrected chi connectivity index (χ2v) is 7.17. The fraction of sp³-hybridized carbons (Fsp3) is 0.227. The molecule has 0 radical (unpaired) electrons. The highest BCUT2D eigenvalue weighted by molar-refractivity contribution is 5.48. The second kappa shape index (κ2) is 8.26. The highest BCUT2D eigenvalue weighted by atomic mass is 19.4. The molecule has 0 unspecified atom stereocenters. The van der Waals surface area contributed by atoms with Crippen LogP contribution in [0.3, 0.4) is 0 Å². The van der Waals surface area contributed by atoms with Crippen LogP contribution in [-0.4, -0.2) is 23.1 Å². The highest BCUT2D eigenvalue weighted by Gasteiger charge is 2.30. The Bertz CT molecular complexity index is 1260. The van der Waals surface area contributed by atoms with Crippen LogP contribution in [0, 0.1) is 11.3 Å². The molecule has 0 bridgehead atoms. The number of hydrogen-bond donors (Lipinski definition) is 0. The minimum Gasteiger partial charge on any atom is -0.473 e. The molecule has 4 rings (SSSR count). The van der Waals surface area contributed by atoms with Crippen LogP contribution < -0.4 is 20.1 Å². The molecule has 2 aromatic carbocycles. The van der Waals surface area contributed by atoms with Gasteiger partial charge in [0.1, 0.15) is 30.0 Å². The zero-order valence-corrected chi connectivity index (χ0v) is 16.9. The molecule has 1 aromatic heterocycles. The van der Waals surface area contributed by atoms with Crippen LogP contribution in [0.15, 0.2) is 53.3 Å². The third-order valence-corrected chi connectivity index (χ3v) is 4.96. The van der Waals surface area contributed by atoms with Crippen molar-refractivity contribution in [2.75, 3.05) is 18.5 Å². The Morgan fingerprint density at radius 3 is 2.72 bits per heavy atom. The predicted octanol–water partition coefficient (Wildman–Crippen LogP) is 3.95. The number of benzene rings is 2. The van der Waals surface area contributed by atoms with Gasteiger partial charge >= 0.3 is 11.9 Å². The van der Waals surface area contributed by atoms with E-state index in [-0.39, 0.29) is 29.5 Å². The van der Waals surface area contributed by atoms with Gasteiger partial charge in [0.2, 0.25) is 5.88 Å². The number of aromatic nitrogens is 2. The number of fused-ring (bicyclic) bond motifs is 1. The maximum atomic E-state index is 12.9. The molecule has 3 aromatic rings. The smallest absolute Gasteiger partial charge is 0.416 e. The summed E-state index contributed by atoms with van der Waals surface area (Å²) in [5, 5.41) is 9.45. The number of hydrogen-bond acceptors (Lipinski definition) is 6. The summed E-state index contributed by atoms with van der Waals surface area (Å²) in [4.78, 5) is 17.9. The zero-order valence-electron chi connectivity index (χ0n) is 16.9. The Morgan fingerprint density at radius 2 is 1.97 bits per heavy atom. The number of alkyl halides is 3. The van der Waals surface area contributed by atoms with Crippen LogP contribution >= 0.6 is 0 Å². The predicted molar refractivity (Wildman–Crippen MR) is 109 cm³/mol. The number of rotatable bonds is 5. The second-order valence-electron chi connectivity index (χ2n) is 7.17. The van der Waals surface area contributed by atoms with Crippen molar-refractivity contribution in [1.82, 2.24) is 9.55 Å². The van der Waals surface area contributed by atoms with Crippen LogP contribution in [-0.2, 0) is 19.3 Å². The van der Waals surface area contributed by atoms with Gasteiger partial charge in [-0.2, -0.15) is 23.4 Å². The largest absolute Gasteiger partial charge is 0.473 e. The molecule has 164 valence electrons. The van der Waals surface area contributed by atoms with Crippen LogP contribution in [0.1, 0.15) is 16.7 Å². The molecule has 1 aliphatic rings. The first-order chi connectivity index (χ1) is 15.2. The Balaban J connectivity index is 1.50. The molecule has 0 saturated carbocycles. The van der Waals surface area contributed by atoms with Gasteiger partial charge in [-0.1, -0.05) is 12.1 Å². The fourth-order valence-electron chi connectivity index (χ4n) is 3.30. The van der Waals surface area contributed by atoms with E-state index in [0.717, 1.165) is 12.1 Å². The van der Waals surface area contributed by atoms with Gasteiger partial charge in [-0.15, -0.1) is 0 Å². The zero-order chi connectivity index (χ0) is 22.9. The lowest BCUT2D eigenvalue weighted by atomic mass is 10.1. The van der Waals surface area contributed by atoms with Crippen LogP contribution in [0.4, 0.5) is 19.0 Å². The van der Waals surface area contributed by atoms with Crippen molar-refractivity contribution in [3.8, 4) is 23.4 Å². The van der Waals surface area contributed by atoms with Gasteiger partial charge in [-0.25, -0.2) is 4.79 Å². The number of ether oxygens (including phenoxy) is 2. The van der Waals surface area contributed by atoms with E-state index in [1.165, 1.54) is 24.3 Å². The standard InChI is InChI=1S/C22H17F3N4O3/c1-28-7-8-29-20(28)11-19(27-21(29)30)31-13-14-5-6-18(15(9-14)12-26)32-17-4-2-3-16(10-17)22(23,24)25/h2-6,9-11H,7-8,13H2,1H3. The maximum Gasteiger partial charge on any atom is 0.416 e. The van der Waals surface area contributed by atoms with Gasteiger partial charge in [0.15, 0.2) is 0 Å². The number of halogens is 3. The summed E-state index contributed by atoms with van der Waals surface area (Å²) in [5.74, 6) is 0.957. The van der Waals surface area contributed by atoms with E-state index in [0.29, 0.717) is 24.5 Å². The van der Waals surface area contributed by atoms with E-state index >= 15 is 0 Å². The Kier molecular flexibility index (Phi) is 5.48. The molecule has 10 heteroatoms. The topological polar surface area (TPSA) is 80.4 Å². The average Bonchev–Trinajstić information content (AvgIpc) is 3.14. The summed E-state index contributed by atoms with van der Waals surface area (Å²) in [7, 11) is 1.87. The highest BCUT2D eigenvalue weighted by Crippen LogP contribution is 2.33. The Hall–Kier alpha value is -4.00.